The predicted molar refractivity (Wildman–Crippen MR) is 45.2 cm³/mol. The van der Waals surface area contributed by atoms with Crippen LogP contribution in [0.4, 0.5) is 0 Å². The summed E-state index contributed by atoms with van der Waals surface area (Å²) in [5.41, 5.74) is -0.344. The third-order valence-corrected chi connectivity index (χ3v) is 8.67. The van der Waals surface area contributed by atoms with E-state index in [1.807, 2.05) is 0 Å². The first-order valence-corrected chi connectivity index (χ1v) is 7.79. The van der Waals surface area contributed by atoms with Gasteiger partial charge in [0.25, 0.3) is 0 Å². The summed E-state index contributed by atoms with van der Waals surface area (Å²) < 4.78 is 6.16. The Morgan fingerprint density at radius 3 is 2.62 bits per heavy atom. The third-order valence-electron chi connectivity index (χ3n) is 0.819. The van der Waals surface area contributed by atoms with Crippen molar-refractivity contribution in [1.29, 1.82) is 0 Å². The van der Waals surface area contributed by atoms with Crippen molar-refractivity contribution in [2.24, 2.45) is 4.74 Å². The van der Waals surface area contributed by atoms with Crippen LogP contribution >= 0.6 is 12.3 Å². The van der Waals surface area contributed by atoms with Crippen LogP contribution in [0.15, 0.2) is 4.74 Å². The Morgan fingerprint density at radius 1 is 1.62 bits per heavy atom. The van der Waals surface area contributed by atoms with Crippen LogP contribution in [0.1, 0.15) is 0 Å². The largest absolute Gasteiger partial charge is 0.193 e. The van der Waals surface area contributed by atoms with E-state index in [0.717, 1.165) is 5.11 Å². The first-order valence-electron chi connectivity index (χ1n) is 1.80. The summed E-state index contributed by atoms with van der Waals surface area (Å²) in [6.45, 7) is -0.562. The molecule has 2 unspecified atom stereocenters. The molecule has 2 nitrogen and oxygen atoms in total. The zero-order valence-corrected chi connectivity index (χ0v) is 7.75. The molecule has 0 spiro atoms. The van der Waals surface area contributed by atoms with Gasteiger partial charge in [0.15, 0.2) is 5.11 Å². The van der Waals surface area contributed by atoms with Crippen molar-refractivity contribution < 1.29 is 0 Å². The number of nitrogens with zero attached hydrogens (tertiary/aromatic N) is 2. The molecule has 2 aliphatic heterocycles. The predicted octanol–water partition coefficient (Wildman–Crippen LogP) is 1.30. The van der Waals surface area contributed by atoms with Crippen LogP contribution in [0, 0.1) is 0 Å². The highest BCUT2D eigenvalue weighted by Gasteiger charge is 2.27. The molecule has 2 atom stereocenters. The maximum Gasteiger partial charge on any atom is 0.193 e. The highest BCUT2D eigenvalue weighted by atomic mass is 32.7. The lowest BCUT2D eigenvalue weighted by atomic mass is 11.2. The molecule has 0 amide bonds. The molecular weight excluding hydrogens is 198 g/mol. The zero-order chi connectivity index (χ0) is 5.72. The summed E-state index contributed by atoms with van der Waals surface area (Å²) in [6.07, 6.45) is 0. The lowest BCUT2D eigenvalue weighted by molar-refractivity contribution is 1.08. The SMILES string of the molecule is S=P1=NC2=S=P(=S)N21. The lowest BCUT2D eigenvalue weighted by Gasteiger charge is -2.23. The second kappa shape index (κ2) is 1.69. The van der Waals surface area contributed by atoms with Gasteiger partial charge in [-0.05, 0) is 23.6 Å². The summed E-state index contributed by atoms with van der Waals surface area (Å²) in [5.74, 6) is 0. The minimum atomic E-state index is -0.562. The summed E-state index contributed by atoms with van der Waals surface area (Å²) in [6, 6.07) is 0. The Kier molecular flexibility index (Phi) is 1.19. The molecule has 0 aromatic rings. The van der Waals surface area contributed by atoms with Crippen LogP contribution in [0.25, 0.3) is 0 Å². The van der Waals surface area contributed by atoms with E-state index in [1.54, 1.807) is 10.5 Å². The van der Waals surface area contributed by atoms with Gasteiger partial charge in [0, 0.05) is 0 Å². The third kappa shape index (κ3) is 0.548. The fourth-order valence-corrected chi connectivity index (χ4v) is 9.04. The summed E-state index contributed by atoms with van der Waals surface area (Å²) >= 11 is 9.95. The average molecular weight is 198 g/mol. The van der Waals surface area contributed by atoms with Gasteiger partial charge in [0.1, 0.15) is 6.64 Å². The summed E-state index contributed by atoms with van der Waals surface area (Å²) in [7, 11) is 1.69. The molecule has 2 aliphatic rings. The van der Waals surface area contributed by atoms with E-state index in [0.29, 0.717) is 0 Å². The van der Waals surface area contributed by atoms with E-state index in [2.05, 4.69) is 9.19 Å². The van der Waals surface area contributed by atoms with E-state index < -0.39 is 6.64 Å². The van der Waals surface area contributed by atoms with Crippen LogP contribution in [0.5, 0.6) is 0 Å². The number of hydrogen-bond donors (Lipinski definition) is 0. The van der Waals surface area contributed by atoms with Crippen molar-refractivity contribution >= 4 is 51.5 Å². The highest BCUT2D eigenvalue weighted by molar-refractivity contribution is 8.35. The Labute approximate surface area is 60.8 Å². The first-order chi connectivity index (χ1) is 3.79. The van der Waals surface area contributed by atoms with Crippen molar-refractivity contribution in [3.8, 4) is 0 Å². The molecule has 0 N–H and O–H groups in total. The zero-order valence-electron chi connectivity index (χ0n) is 3.51. The van der Waals surface area contributed by atoms with Crippen molar-refractivity contribution in [3.05, 3.63) is 0 Å². The second-order valence-electron chi connectivity index (χ2n) is 1.25. The second-order valence-corrected chi connectivity index (χ2v) is 8.39. The van der Waals surface area contributed by atoms with Gasteiger partial charge in [0.05, 0.1) is 5.62 Å². The highest BCUT2D eigenvalue weighted by Crippen LogP contribution is 2.45. The van der Waals surface area contributed by atoms with E-state index in [4.69, 9.17) is 23.6 Å². The molecule has 7 heteroatoms. The van der Waals surface area contributed by atoms with Crippen LogP contribution < -0.4 is 0 Å². The Balaban J connectivity index is 2.80. The normalized spacial score (nSPS) is 33.8. The smallest absolute Gasteiger partial charge is 0.185 e. The topological polar surface area (TPSA) is 15.6 Å². The number of hydrogen-bond acceptors (Lipinski definition) is 3. The van der Waals surface area contributed by atoms with Crippen LogP contribution in [-0.4, -0.2) is 9.55 Å². The maximum absolute atomic E-state index is 5.02. The molecule has 8 heavy (non-hydrogen) atoms. The van der Waals surface area contributed by atoms with Gasteiger partial charge in [-0.1, -0.05) is 10.5 Å². The molecule has 2 rings (SSSR count). The molecule has 0 saturated carbocycles. The molecule has 0 aromatic carbocycles. The van der Waals surface area contributed by atoms with Crippen LogP contribution in [-0.2, 0) is 34.1 Å². The number of rotatable bonds is 0. The Bertz CT molecular complexity index is 336. The van der Waals surface area contributed by atoms with E-state index in [-0.39, 0.29) is 5.62 Å². The van der Waals surface area contributed by atoms with Gasteiger partial charge in [-0.3, -0.25) is 0 Å². The Morgan fingerprint density at radius 2 is 2.38 bits per heavy atom. The molecule has 0 radical (unpaired) electrons. The molecule has 0 bridgehead atoms. The van der Waals surface area contributed by atoms with Crippen molar-refractivity contribution in [1.82, 2.24) is 4.44 Å². The molecule has 0 aromatic heterocycles. The van der Waals surface area contributed by atoms with Gasteiger partial charge in [-0.25, -0.2) is 0 Å². The standard InChI is InChI=1S/CN2P2S3/c6-4-2-1-3(4)5(7)8-1. The van der Waals surface area contributed by atoms with Gasteiger partial charge >= 0.3 is 0 Å². The monoisotopic (exact) mass is 198 g/mol. The summed E-state index contributed by atoms with van der Waals surface area (Å²) in [4.78, 5) is 0. The van der Waals surface area contributed by atoms with E-state index in [9.17, 15) is 0 Å². The van der Waals surface area contributed by atoms with Crippen molar-refractivity contribution in [2.45, 2.75) is 0 Å². The fourth-order valence-electron chi connectivity index (χ4n) is 0.454. The van der Waals surface area contributed by atoms with Gasteiger partial charge < -0.3 is 0 Å². The molecule has 2 heterocycles. The van der Waals surface area contributed by atoms with Crippen LogP contribution in [0.3, 0.4) is 0 Å². The van der Waals surface area contributed by atoms with Crippen molar-refractivity contribution in [3.63, 3.8) is 0 Å². The van der Waals surface area contributed by atoms with E-state index in [1.165, 1.54) is 0 Å². The van der Waals surface area contributed by atoms with Gasteiger partial charge in [-0.2, -0.15) is 4.74 Å². The average Bonchev–Trinajstić information content (AvgIpc) is 1.63. The molecule has 0 fully saturated rings. The minimum Gasteiger partial charge on any atom is -0.185 e. The van der Waals surface area contributed by atoms with Crippen molar-refractivity contribution in [2.75, 3.05) is 0 Å². The van der Waals surface area contributed by atoms with Gasteiger partial charge in [0.2, 0.25) is 0 Å². The molecule has 42 valence electrons. The first kappa shape index (κ1) is 5.66. The molecular formula is CN2P2S3. The quantitative estimate of drug-likeness (QED) is 0.431. The van der Waals surface area contributed by atoms with Crippen LogP contribution in [0.2, 0.25) is 0 Å². The molecule has 0 aliphatic carbocycles. The Hall–Kier alpha value is 0.890. The fraction of sp³-hybridized carbons (Fsp3) is 0. The van der Waals surface area contributed by atoms with E-state index >= 15 is 0 Å². The number of fused-ring (bicyclic) bond motifs is 1. The van der Waals surface area contributed by atoms with Gasteiger partial charge in [-0.15, -0.1) is 4.44 Å². The minimum absolute atomic E-state index is 0.344. The lowest BCUT2D eigenvalue weighted by Crippen LogP contribution is -2.22. The molecule has 0 saturated heterocycles. The maximum atomic E-state index is 5.02. The summed E-state index contributed by atoms with van der Waals surface area (Å²) in [5, 5.41) is 1.09.